The summed E-state index contributed by atoms with van der Waals surface area (Å²) in [5, 5.41) is 4.14. The highest BCUT2D eigenvalue weighted by atomic mass is 79.9. The van der Waals surface area contributed by atoms with Crippen LogP contribution in [0, 0.1) is 0 Å². The van der Waals surface area contributed by atoms with Crippen LogP contribution in [0.25, 0.3) is 21.8 Å². The normalized spacial score (nSPS) is 12.1. The topological polar surface area (TPSA) is 104 Å². The van der Waals surface area contributed by atoms with Gasteiger partial charge in [-0.05, 0) is 36.8 Å². The van der Waals surface area contributed by atoms with Crippen molar-refractivity contribution in [2.75, 3.05) is 6.61 Å². The Kier molecular flexibility index (Phi) is 5.90. The molecule has 1 unspecified atom stereocenters. The SMILES string of the molecule is CCOC(=O)C(Cc1c[nH]c2ccccc12)NC(=O)C(=O)c1c[nH]c2ccc(Br)cc12. The number of para-hydroxylation sites is 1. The van der Waals surface area contributed by atoms with Crippen LogP contribution >= 0.6 is 15.9 Å². The van der Waals surface area contributed by atoms with Crippen molar-refractivity contribution >= 4 is 55.4 Å². The molecule has 0 aliphatic rings. The number of halogens is 1. The van der Waals surface area contributed by atoms with Crippen LogP contribution in [0.4, 0.5) is 0 Å². The van der Waals surface area contributed by atoms with Crippen molar-refractivity contribution in [2.45, 2.75) is 19.4 Å². The van der Waals surface area contributed by atoms with Crippen molar-refractivity contribution in [1.82, 2.24) is 15.3 Å². The summed E-state index contributed by atoms with van der Waals surface area (Å²) in [5.41, 5.74) is 2.74. The van der Waals surface area contributed by atoms with Crippen molar-refractivity contribution in [2.24, 2.45) is 0 Å². The van der Waals surface area contributed by atoms with Gasteiger partial charge >= 0.3 is 5.97 Å². The van der Waals surface area contributed by atoms with E-state index in [2.05, 4.69) is 31.2 Å². The minimum Gasteiger partial charge on any atom is -0.464 e. The average molecular weight is 482 g/mol. The lowest BCUT2D eigenvalue weighted by Crippen LogP contribution is -2.46. The number of Topliss-reactive ketones (excluding diaryl/α,β-unsaturated/α-hetero) is 1. The number of nitrogens with one attached hydrogen (secondary N) is 3. The molecule has 4 aromatic rings. The van der Waals surface area contributed by atoms with Crippen molar-refractivity contribution in [3.63, 3.8) is 0 Å². The van der Waals surface area contributed by atoms with E-state index >= 15 is 0 Å². The van der Waals surface area contributed by atoms with E-state index in [9.17, 15) is 14.4 Å². The van der Waals surface area contributed by atoms with Gasteiger partial charge in [-0.15, -0.1) is 0 Å². The second-order valence-electron chi connectivity index (χ2n) is 7.06. The smallest absolute Gasteiger partial charge is 0.328 e. The lowest BCUT2D eigenvalue weighted by atomic mass is 10.0. The van der Waals surface area contributed by atoms with Crippen LogP contribution < -0.4 is 5.32 Å². The first-order valence-corrected chi connectivity index (χ1v) is 10.6. The molecule has 7 nitrogen and oxygen atoms in total. The molecule has 0 aliphatic carbocycles. The molecule has 0 fully saturated rings. The first kappa shape index (κ1) is 20.9. The summed E-state index contributed by atoms with van der Waals surface area (Å²) in [7, 11) is 0. The third-order valence-electron chi connectivity index (χ3n) is 5.07. The first-order chi connectivity index (χ1) is 15.0. The highest BCUT2D eigenvalue weighted by Gasteiger charge is 2.28. The maximum absolute atomic E-state index is 12.9. The minimum atomic E-state index is -0.993. The fraction of sp³-hybridized carbons (Fsp3) is 0.174. The molecule has 8 heteroatoms. The van der Waals surface area contributed by atoms with Crippen molar-refractivity contribution < 1.29 is 19.1 Å². The summed E-state index contributed by atoms with van der Waals surface area (Å²) in [6.07, 6.45) is 3.49. The third kappa shape index (κ3) is 4.25. The Morgan fingerprint density at radius 2 is 1.77 bits per heavy atom. The second kappa shape index (κ2) is 8.77. The van der Waals surface area contributed by atoms with Crippen LogP contribution in [0.5, 0.6) is 0 Å². The molecule has 0 saturated carbocycles. The molecular formula is C23H20BrN3O4. The molecule has 1 atom stereocenters. The lowest BCUT2D eigenvalue weighted by molar-refractivity contribution is -0.146. The van der Waals surface area contributed by atoms with Gasteiger partial charge in [-0.25, -0.2) is 4.79 Å². The number of benzene rings is 2. The number of esters is 1. The number of rotatable bonds is 7. The summed E-state index contributed by atoms with van der Waals surface area (Å²) in [6.45, 7) is 1.86. The fourth-order valence-electron chi connectivity index (χ4n) is 3.58. The minimum absolute atomic E-state index is 0.170. The molecule has 4 rings (SSSR count). The van der Waals surface area contributed by atoms with E-state index in [0.717, 1.165) is 26.5 Å². The zero-order valence-electron chi connectivity index (χ0n) is 16.7. The number of hydrogen-bond donors (Lipinski definition) is 3. The Labute approximate surface area is 186 Å². The summed E-state index contributed by atoms with van der Waals surface area (Å²) in [5.74, 6) is -2.17. The molecule has 2 heterocycles. The van der Waals surface area contributed by atoms with Crippen LogP contribution in [-0.2, 0) is 20.7 Å². The Bertz CT molecular complexity index is 1290. The van der Waals surface area contributed by atoms with Gasteiger partial charge in [-0.3, -0.25) is 9.59 Å². The van der Waals surface area contributed by atoms with Crippen LogP contribution in [0.15, 0.2) is 59.3 Å². The van der Waals surface area contributed by atoms with Gasteiger partial charge in [0.25, 0.3) is 11.7 Å². The zero-order valence-corrected chi connectivity index (χ0v) is 18.3. The molecule has 31 heavy (non-hydrogen) atoms. The first-order valence-electron chi connectivity index (χ1n) is 9.81. The standard InChI is InChI=1S/C23H20BrN3O4/c1-2-31-23(30)20(9-13-11-25-18-6-4-3-5-15(13)18)27-22(29)21(28)17-12-26-19-8-7-14(24)10-16(17)19/h3-8,10-12,20,25-26H,2,9H2,1H3,(H,27,29). The molecular weight excluding hydrogens is 462 g/mol. The Morgan fingerprint density at radius 3 is 2.58 bits per heavy atom. The summed E-state index contributed by atoms with van der Waals surface area (Å²) < 4.78 is 5.92. The molecule has 0 saturated heterocycles. The van der Waals surface area contributed by atoms with Gasteiger partial charge < -0.3 is 20.0 Å². The van der Waals surface area contributed by atoms with E-state index < -0.39 is 23.7 Å². The van der Waals surface area contributed by atoms with Crippen LogP contribution in [0.3, 0.4) is 0 Å². The molecule has 158 valence electrons. The third-order valence-corrected chi connectivity index (χ3v) is 5.56. The number of hydrogen-bond acceptors (Lipinski definition) is 4. The molecule has 0 spiro atoms. The van der Waals surface area contributed by atoms with Crippen molar-refractivity contribution in [3.8, 4) is 0 Å². The van der Waals surface area contributed by atoms with Gasteiger partial charge in [0.05, 0.1) is 12.2 Å². The number of ether oxygens (including phenoxy) is 1. The van der Waals surface area contributed by atoms with Crippen LogP contribution in [0.1, 0.15) is 22.8 Å². The van der Waals surface area contributed by atoms with E-state index in [-0.39, 0.29) is 18.6 Å². The van der Waals surface area contributed by atoms with Gasteiger partial charge in [-0.1, -0.05) is 34.1 Å². The number of aromatic amines is 2. The van der Waals surface area contributed by atoms with E-state index in [1.165, 1.54) is 6.20 Å². The molecule has 2 aromatic carbocycles. The number of ketones is 1. The van der Waals surface area contributed by atoms with Gasteiger partial charge in [0.2, 0.25) is 0 Å². The molecule has 1 amide bonds. The summed E-state index contributed by atoms with van der Waals surface area (Å²) in [4.78, 5) is 44.3. The Balaban J connectivity index is 1.58. The Hall–Kier alpha value is -3.39. The fourth-order valence-corrected chi connectivity index (χ4v) is 3.94. The number of H-pyrrole nitrogens is 2. The average Bonchev–Trinajstić information content (AvgIpc) is 3.36. The largest absolute Gasteiger partial charge is 0.464 e. The number of amides is 1. The molecule has 2 aromatic heterocycles. The zero-order chi connectivity index (χ0) is 22.0. The monoisotopic (exact) mass is 481 g/mol. The summed E-state index contributed by atoms with van der Waals surface area (Å²) >= 11 is 3.38. The number of carbonyl (C=O) groups excluding carboxylic acids is 3. The Morgan fingerprint density at radius 1 is 1.03 bits per heavy atom. The van der Waals surface area contributed by atoms with Crippen LogP contribution in [0.2, 0.25) is 0 Å². The molecule has 0 bridgehead atoms. The molecule has 3 N–H and O–H groups in total. The number of fused-ring (bicyclic) bond motifs is 2. The van der Waals surface area contributed by atoms with E-state index in [0.29, 0.717) is 5.39 Å². The second-order valence-corrected chi connectivity index (χ2v) is 7.98. The van der Waals surface area contributed by atoms with Crippen molar-refractivity contribution in [3.05, 3.63) is 70.5 Å². The maximum Gasteiger partial charge on any atom is 0.328 e. The lowest BCUT2D eigenvalue weighted by Gasteiger charge is -2.16. The molecule has 0 aliphatic heterocycles. The quantitative estimate of drug-likeness (QED) is 0.211. The maximum atomic E-state index is 12.9. The van der Waals surface area contributed by atoms with Gasteiger partial charge in [0.15, 0.2) is 0 Å². The van der Waals surface area contributed by atoms with E-state index in [4.69, 9.17) is 4.74 Å². The van der Waals surface area contributed by atoms with Crippen LogP contribution in [-0.4, -0.2) is 40.3 Å². The van der Waals surface area contributed by atoms with Crippen molar-refractivity contribution in [1.29, 1.82) is 0 Å². The molecule has 0 radical (unpaired) electrons. The highest BCUT2D eigenvalue weighted by molar-refractivity contribution is 9.10. The van der Waals surface area contributed by atoms with Gasteiger partial charge in [0, 0.05) is 45.1 Å². The highest BCUT2D eigenvalue weighted by Crippen LogP contribution is 2.23. The van der Waals surface area contributed by atoms with E-state index in [1.807, 2.05) is 36.4 Å². The predicted octanol–water partition coefficient (Wildman–Crippen LogP) is 3.89. The van der Waals surface area contributed by atoms with Gasteiger partial charge in [-0.2, -0.15) is 0 Å². The summed E-state index contributed by atoms with van der Waals surface area (Å²) in [6, 6.07) is 12.1. The van der Waals surface area contributed by atoms with E-state index in [1.54, 1.807) is 19.2 Å². The predicted molar refractivity (Wildman–Crippen MR) is 121 cm³/mol. The number of aromatic nitrogens is 2. The van der Waals surface area contributed by atoms with Gasteiger partial charge in [0.1, 0.15) is 6.04 Å². The number of carbonyl (C=O) groups is 3.